The van der Waals surface area contributed by atoms with Crippen molar-refractivity contribution in [3.63, 3.8) is 0 Å². The molecule has 25 heavy (non-hydrogen) atoms. The van der Waals surface area contributed by atoms with Crippen molar-refractivity contribution in [3.05, 3.63) is 72.5 Å². The van der Waals surface area contributed by atoms with Crippen molar-refractivity contribution in [2.75, 3.05) is 0 Å². The predicted octanol–water partition coefficient (Wildman–Crippen LogP) is 5.87. The summed E-state index contributed by atoms with van der Waals surface area (Å²) < 4.78 is 15.0. The van der Waals surface area contributed by atoms with Crippen molar-refractivity contribution in [3.8, 4) is 0 Å². The van der Waals surface area contributed by atoms with Crippen molar-refractivity contribution in [2.45, 2.75) is 69.2 Å². The third-order valence-corrected chi connectivity index (χ3v) is 5.62. The van der Waals surface area contributed by atoms with Gasteiger partial charge in [-0.1, -0.05) is 69.2 Å². The molecule has 0 heterocycles. The minimum atomic E-state index is 0. The molecule has 0 aromatic heterocycles. The Hall–Kier alpha value is 0.194. The summed E-state index contributed by atoms with van der Waals surface area (Å²) in [5.41, 5.74) is 0. The van der Waals surface area contributed by atoms with Crippen LogP contribution in [0, 0.1) is 72.5 Å². The second-order valence-electron chi connectivity index (χ2n) is 6.25. The van der Waals surface area contributed by atoms with Crippen LogP contribution in [0.4, 0.5) is 0 Å². The molecular weight excluding hydrogens is 344 g/mol. The average Bonchev–Trinajstić information content (AvgIpc) is 2.89. The Morgan fingerprint density at radius 1 is 0.320 bits per heavy atom. The van der Waals surface area contributed by atoms with Gasteiger partial charge in [0, 0.05) is 21.7 Å². The zero-order valence-electron chi connectivity index (χ0n) is 17.3. The number of hydrogen-bond donors (Lipinski definition) is 0. The zero-order valence-corrected chi connectivity index (χ0v) is 18.9. The second kappa shape index (κ2) is 14.3. The van der Waals surface area contributed by atoms with Gasteiger partial charge in [-0.15, -0.1) is 0 Å². The van der Waals surface area contributed by atoms with Gasteiger partial charge in [-0.3, -0.25) is 0 Å². The Kier molecular flexibility index (Phi) is 17.1. The van der Waals surface area contributed by atoms with Crippen molar-refractivity contribution >= 4 is 0 Å². The standard InChI is InChI=1S/2C10H15.2CO.Ti/c2*1-6-7(2)9(4)10(5)8(6)3;2*1-2;/h2*1-5H3;;;. The van der Waals surface area contributed by atoms with Crippen LogP contribution in [-0.4, -0.2) is 0 Å². The van der Waals surface area contributed by atoms with E-state index in [4.69, 9.17) is 9.30 Å². The molecule has 0 saturated heterocycles. The maximum Gasteiger partial charge on any atom is 0 e. The Morgan fingerprint density at radius 2 is 0.360 bits per heavy atom. The molecule has 0 aromatic rings. The molecule has 0 bridgehead atoms. The average molecular weight is 374 g/mol. The molecule has 0 aromatic carbocycles. The third kappa shape index (κ3) is 7.38. The normalized spacial score (nSPS) is 23.0. The molecule has 2 aliphatic rings. The monoisotopic (exact) mass is 374 g/mol. The smallest absolute Gasteiger partial charge is 0 e. The molecule has 2 saturated carbocycles. The van der Waals surface area contributed by atoms with Crippen LogP contribution in [0.5, 0.6) is 0 Å². The van der Waals surface area contributed by atoms with E-state index in [0.29, 0.717) is 0 Å². The van der Waals surface area contributed by atoms with Crippen LogP contribution in [0.25, 0.3) is 0 Å². The van der Waals surface area contributed by atoms with Crippen molar-refractivity contribution in [2.24, 2.45) is 0 Å². The van der Waals surface area contributed by atoms with Gasteiger partial charge in [0.15, 0.2) is 0 Å². The van der Waals surface area contributed by atoms with Gasteiger partial charge in [-0.25, -0.2) is 0 Å². The molecular formula is C22H30O2Ti. The summed E-state index contributed by atoms with van der Waals surface area (Å²) in [7, 11) is 0. The number of rotatable bonds is 0. The van der Waals surface area contributed by atoms with Crippen molar-refractivity contribution in [1.29, 1.82) is 0 Å². The van der Waals surface area contributed by atoms with Gasteiger partial charge in [-0.2, -0.15) is 0 Å². The minimum absolute atomic E-state index is 0. The first-order valence-corrected chi connectivity index (χ1v) is 7.91. The molecule has 0 atom stereocenters. The van der Waals surface area contributed by atoms with Gasteiger partial charge in [0.05, 0.1) is 0 Å². The molecule has 2 fully saturated rings. The fourth-order valence-corrected chi connectivity index (χ4v) is 2.81. The van der Waals surface area contributed by atoms with Gasteiger partial charge >= 0.3 is 22.6 Å². The molecule has 3 heteroatoms. The Labute approximate surface area is 172 Å². The Morgan fingerprint density at radius 3 is 0.400 bits per heavy atom. The molecule has 0 amide bonds. The van der Waals surface area contributed by atoms with Crippen LogP contribution in [0.2, 0.25) is 0 Å². The van der Waals surface area contributed by atoms with Crippen LogP contribution in [0.3, 0.4) is 0 Å². The fourth-order valence-electron chi connectivity index (χ4n) is 2.81. The van der Waals surface area contributed by atoms with Crippen LogP contribution in [-0.2, 0) is 31.0 Å². The van der Waals surface area contributed by atoms with E-state index in [2.05, 4.69) is 82.5 Å². The van der Waals surface area contributed by atoms with Crippen LogP contribution >= 0.6 is 0 Å². The molecule has 0 N–H and O–H groups in total. The Balaban J connectivity index is -0.000000312. The van der Waals surface area contributed by atoms with Gasteiger partial charge in [-0.05, 0) is 59.2 Å². The van der Waals surface area contributed by atoms with Crippen molar-refractivity contribution < 1.29 is 31.0 Å². The van der Waals surface area contributed by atoms with E-state index in [9.17, 15) is 0 Å². The maximum atomic E-state index is 7.50. The molecule has 0 unspecified atom stereocenters. The first-order valence-electron chi connectivity index (χ1n) is 7.91. The summed E-state index contributed by atoms with van der Waals surface area (Å²) in [6.07, 6.45) is 0. The van der Waals surface area contributed by atoms with Gasteiger partial charge in [0.2, 0.25) is 0 Å². The van der Waals surface area contributed by atoms with Crippen LogP contribution in [0.1, 0.15) is 69.2 Å². The zero-order chi connectivity index (χ0) is 19.8. The van der Waals surface area contributed by atoms with E-state index < -0.39 is 0 Å². The largest absolute Gasteiger partial charge is 0 e. The summed E-state index contributed by atoms with van der Waals surface area (Å²) in [6, 6.07) is 0. The third-order valence-electron chi connectivity index (χ3n) is 5.62. The van der Waals surface area contributed by atoms with E-state index in [0.717, 1.165) is 0 Å². The molecule has 134 valence electrons. The molecule has 2 nitrogen and oxygen atoms in total. The Bertz CT molecular complexity index is 253. The number of hydrogen-bond acceptors (Lipinski definition) is 0. The molecule has 0 aliphatic heterocycles. The topological polar surface area (TPSA) is 39.8 Å². The first-order chi connectivity index (χ1) is 11.1. The van der Waals surface area contributed by atoms with Gasteiger partial charge in [0.25, 0.3) is 0 Å². The SMILES string of the molecule is C[C]1[C](C)[C](C)[C](C)[C]1C.C[C]1[C](C)[C](C)[C](C)[C]1C.[C-]#[O+].[C-]#[O+].[Ti]. The molecule has 2 rings (SSSR count). The maximum absolute atomic E-state index is 7.50. The summed E-state index contributed by atoms with van der Waals surface area (Å²) in [4.78, 5) is 0. The molecule has 10 radical (unpaired) electrons. The van der Waals surface area contributed by atoms with E-state index in [1.807, 2.05) is 0 Å². The summed E-state index contributed by atoms with van der Waals surface area (Å²) in [5.74, 6) is 14.7. The van der Waals surface area contributed by atoms with Gasteiger partial charge in [0.1, 0.15) is 0 Å². The predicted molar refractivity (Wildman–Crippen MR) is 97.0 cm³/mol. The molecule has 2 aliphatic carbocycles. The second-order valence-corrected chi connectivity index (χ2v) is 6.25. The van der Waals surface area contributed by atoms with Crippen LogP contribution in [0.15, 0.2) is 0 Å². The summed E-state index contributed by atoms with van der Waals surface area (Å²) in [5, 5.41) is 0. The van der Waals surface area contributed by atoms with E-state index in [1.54, 1.807) is 0 Å². The summed E-state index contributed by atoms with van der Waals surface area (Å²) in [6.45, 7) is 31.0. The van der Waals surface area contributed by atoms with E-state index >= 15 is 0 Å². The summed E-state index contributed by atoms with van der Waals surface area (Å²) >= 11 is 0. The van der Waals surface area contributed by atoms with Crippen LogP contribution < -0.4 is 0 Å². The fraction of sp³-hybridized carbons (Fsp3) is 0.455. The first kappa shape index (κ1) is 29.9. The molecule has 0 spiro atoms. The van der Waals surface area contributed by atoms with Gasteiger partial charge < -0.3 is 0 Å². The quantitative estimate of drug-likeness (QED) is 0.289. The minimum Gasteiger partial charge on any atom is 0 e. The van der Waals surface area contributed by atoms with Crippen molar-refractivity contribution in [1.82, 2.24) is 0 Å². The van der Waals surface area contributed by atoms with E-state index in [1.165, 1.54) is 59.2 Å². The van der Waals surface area contributed by atoms with E-state index in [-0.39, 0.29) is 21.7 Å².